The van der Waals surface area contributed by atoms with Gasteiger partial charge in [0.05, 0.1) is 17.4 Å². The second kappa shape index (κ2) is 4.01. The Morgan fingerprint density at radius 2 is 1.33 bits per heavy atom. The minimum atomic E-state index is 0.0202. The highest BCUT2D eigenvalue weighted by Crippen LogP contribution is 2.24. The van der Waals surface area contributed by atoms with Crippen LogP contribution in [0, 0.1) is 0 Å². The van der Waals surface area contributed by atoms with Crippen LogP contribution in [0.25, 0.3) is 11.0 Å². The van der Waals surface area contributed by atoms with Crippen LogP contribution in [-0.4, -0.2) is 15.0 Å². The fraction of sp³-hybridized carbons (Fsp3) is 0.533. The first-order valence-electron chi connectivity index (χ1n) is 6.32. The monoisotopic (exact) mass is 243 g/mol. The zero-order valence-corrected chi connectivity index (χ0v) is 12.1. The van der Waals surface area contributed by atoms with Crippen molar-refractivity contribution in [2.75, 3.05) is 0 Å². The van der Waals surface area contributed by atoms with Crippen LogP contribution in [0.2, 0.25) is 0 Å². The molecule has 0 saturated carbocycles. The summed E-state index contributed by atoms with van der Waals surface area (Å²) >= 11 is 0. The van der Waals surface area contributed by atoms with E-state index in [2.05, 4.69) is 57.6 Å². The average molecular weight is 243 g/mol. The molecule has 0 radical (unpaired) electrons. The van der Waals surface area contributed by atoms with Gasteiger partial charge in [-0.25, -0.2) is 4.98 Å². The molecule has 0 unspecified atom stereocenters. The Labute approximate surface area is 109 Å². The molecule has 2 heterocycles. The van der Waals surface area contributed by atoms with Crippen LogP contribution in [0.5, 0.6) is 0 Å². The first kappa shape index (κ1) is 12.9. The van der Waals surface area contributed by atoms with Crippen molar-refractivity contribution in [3.8, 4) is 0 Å². The van der Waals surface area contributed by atoms with Crippen LogP contribution < -0.4 is 0 Å². The van der Waals surface area contributed by atoms with Gasteiger partial charge in [0, 0.05) is 22.7 Å². The molecule has 0 spiro atoms. The number of fused-ring (bicyclic) bond motifs is 1. The Morgan fingerprint density at radius 3 is 1.89 bits per heavy atom. The molecule has 0 aliphatic rings. The van der Waals surface area contributed by atoms with Crippen molar-refractivity contribution < 1.29 is 0 Å². The summed E-state index contributed by atoms with van der Waals surface area (Å²) in [4.78, 5) is 13.6. The maximum Gasteiger partial charge on any atom is 0.107 e. The third-order valence-corrected chi connectivity index (χ3v) is 2.97. The zero-order chi connectivity index (χ0) is 13.6. The summed E-state index contributed by atoms with van der Waals surface area (Å²) in [6, 6.07) is 2.05. The Hall–Kier alpha value is -1.51. The van der Waals surface area contributed by atoms with Gasteiger partial charge < -0.3 is 0 Å². The minimum Gasteiger partial charge on any atom is -0.258 e. The molecule has 3 heteroatoms. The van der Waals surface area contributed by atoms with Crippen LogP contribution in [0.1, 0.15) is 52.9 Å². The van der Waals surface area contributed by atoms with E-state index in [1.807, 2.05) is 12.4 Å². The van der Waals surface area contributed by atoms with E-state index in [-0.39, 0.29) is 10.8 Å². The van der Waals surface area contributed by atoms with Crippen molar-refractivity contribution in [3.63, 3.8) is 0 Å². The lowest BCUT2D eigenvalue weighted by Crippen LogP contribution is -2.15. The second-order valence-corrected chi connectivity index (χ2v) is 6.81. The quantitative estimate of drug-likeness (QED) is 0.709. The zero-order valence-electron chi connectivity index (χ0n) is 12.1. The van der Waals surface area contributed by atoms with Gasteiger partial charge in [-0.1, -0.05) is 41.5 Å². The van der Waals surface area contributed by atoms with Crippen LogP contribution >= 0.6 is 0 Å². The molecular formula is C15H21N3. The molecule has 18 heavy (non-hydrogen) atoms. The molecule has 2 aromatic heterocycles. The lowest BCUT2D eigenvalue weighted by molar-refractivity contribution is 0.564. The third kappa shape index (κ3) is 2.50. The summed E-state index contributed by atoms with van der Waals surface area (Å²) in [5, 5.41) is 0. The molecule has 0 saturated heterocycles. The van der Waals surface area contributed by atoms with Crippen molar-refractivity contribution in [1.82, 2.24) is 15.0 Å². The van der Waals surface area contributed by atoms with Gasteiger partial charge in [-0.2, -0.15) is 0 Å². The number of hydrogen-bond acceptors (Lipinski definition) is 3. The Morgan fingerprint density at radius 1 is 0.722 bits per heavy atom. The first-order valence-corrected chi connectivity index (χ1v) is 6.32. The average Bonchev–Trinajstić information content (AvgIpc) is 2.25. The van der Waals surface area contributed by atoms with E-state index in [4.69, 9.17) is 4.98 Å². The van der Waals surface area contributed by atoms with Crippen molar-refractivity contribution >= 4 is 11.0 Å². The van der Waals surface area contributed by atoms with Gasteiger partial charge in [-0.15, -0.1) is 0 Å². The smallest absolute Gasteiger partial charge is 0.107 e. The van der Waals surface area contributed by atoms with E-state index >= 15 is 0 Å². The maximum atomic E-state index is 4.72. The SMILES string of the molecule is CC(C)(C)c1cc2nc(C(C)(C)C)cnc2cn1. The van der Waals surface area contributed by atoms with Crippen molar-refractivity contribution in [2.24, 2.45) is 0 Å². The Kier molecular flexibility index (Phi) is 2.88. The van der Waals surface area contributed by atoms with E-state index in [0.29, 0.717) is 0 Å². The van der Waals surface area contributed by atoms with Gasteiger partial charge >= 0.3 is 0 Å². The van der Waals surface area contributed by atoms with Gasteiger partial charge in [0.25, 0.3) is 0 Å². The Balaban J connectivity index is 2.61. The molecule has 2 rings (SSSR count). The standard InChI is InChI=1S/C15H21N3/c1-14(2,3)12-7-10-11(8-17-12)16-9-13(18-10)15(4,5)6/h7-9H,1-6H3. The molecule has 2 aromatic rings. The molecule has 3 nitrogen and oxygen atoms in total. The van der Waals surface area contributed by atoms with Crippen LogP contribution in [-0.2, 0) is 10.8 Å². The lowest BCUT2D eigenvalue weighted by atomic mass is 9.91. The van der Waals surface area contributed by atoms with E-state index in [9.17, 15) is 0 Å². The lowest BCUT2D eigenvalue weighted by Gasteiger charge is -2.19. The van der Waals surface area contributed by atoms with Gasteiger partial charge in [0.15, 0.2) is 0 Å². The van der Waals surface area contributed by atoms with Crippen LogP contribution in [0.4, 0.5) is 0 Å². The fourth-order valence-electron chi connectivity index (χ4n) is 1.69. The molecule has 0 aromatic carbocycles. The van der Waals surface area contributed by atoms with E-state index < -0.39 is 0 Å². The molecule has 0 N–H and O–H groups in total. The van der Waals surface area contributed by atoms with Crippen molar-refractivity contribution in [1.29, 1.82) is 0 Å². The molecule has 0 fully saturated rings. The predicted octanol–water partition coefficient (Wildman–Crippen LogP) is 3.62. The van der Waals surface area contributed by atoms with Crippen LogP contribution in [0.15, 0.2) is 18.5 Å². The van der Waals surface area contributed by atoms with Gasteiger partial charge in [0.2, 0.25) is 0 Å². The first-order chi connectivity index (χ1) is 8.18. The summed E-state index contributed by atoms with van der Waals surface area (Å²) in [6.07, 6.45) is 3.66. The highest BCUT2D eigenvalue weighted by atomic mass is 14.8. The Bertz CT molecular complexity index is 526. The number of aromatic nitrogens is 3. The maximum absolute atomic E-state index is 4.72. The summed E-state index contributed by atoms with van der Waals surface area (Å²) in [5.41, 5.74) is 3.91. The fourth-order valence-corrected chi connectivity index (χ4v) is 1.69. The topological polar surface area (TPSA) is 38.7 Å². The molecular weight excluding hydrogens is 222 g/mol. The van der Waals surface area contributed by atoms with Crippen molar-refractivity contribution in [2.45, 2.75) is 52.4 Å². The van der Waals surface area contributed by atoms with E-state index in [1.54, 1.807) is 0 Å². The largest absolute Gasteiger partial charge is 0.258 e. The number of nitrogens with zero attached hydrogens (tertiary/aromatic N) is 3. The third-order valence-electron chi connectivity index (χ3n) is 2.97. The summed E-state index contributed by atoms with van der Waals surface area (Å²) in [6.45, 7) is 12.9. The number of hydrogen-bond donors (Lipinski definition) is 0. The van der Waals surface area contributed by atoms with E-state index in [1.165, 1.54) is 0 Å². The predicted molar refractivity (Wildman–Crippen MR) is 74.7 cm³/mol. The minimum absolute atomic E-state index is 0.0202. The van der Waals surface area contributed by atoms with Gasteiger partial charge in [-0.05, 0) is 6.07 Å². The molecule has 0 atom stereocenters. The second-order valence-electron chi connectivity index (χ2n) is 6.81. The molecule has 0 aliphatic heterocycles. The van der Waals surface area contributed by atoms with Gasteiger partial charge in [-0.3, -0.25) is 9.97 Å². The number of pyridine rings is 1. The molecule has 0 bridgehead atoms. The summed E-state index contributed by atoms with van der Waals surface area (Å²) in [5.74, 6) is 0. The molecule has 0 amide bonds. The number of rotatable bonds is 0. The van der Waals surface area contributed by atoms with Crippen molar-refractivity contribution in [3.05, 3.63) is 29.8 Å². The summed E-state index contributed by atoms with van der Waals surface area (Å²) in [7, 11) is 0. The highest BCUT2D eigenvalue weighted by molar-refractivity contribution is 5.73. The van der Waals surface area contributed by atoms with Gasteiger partial charge in [0.1, 0.15) is 5.52 Å². The van der Waals surface area contributed by atoms with E-state index in [0.717, 1.165) is 22.4 Å². The summed E-state index contributed by atoms with van der Waals surface area (Å²) < 4.78 is 0. The van der Waals surface area contributed by atoms with Crippen LogP contribution in [0.3, 0.4) is 0 Å². The molecule has 96 valence electrons. The normalized spacial score (nSPS) is 13.0. The highest BCUT2D eigenvalue weighted by Gasteiger charge is 2.19. The molecule has 0 aliphatic carbocycles.